The van der Waals surface area contributed by atoms with Gasteiger partial charge in [0.1, 0.15) is 5.75 Å². The van der Waals surface area contributed by atoms with Gasteiger partial charge in [-0.2, -0.15) is 0 Å². The highest BCUT2D eigenvalue weighted by Crippen LogP contribution is 2.47. The molecule has 2 aromatic carbocycles. The van der Waals surface area contributed by atoms with Gasteiger partial charge in [-0.25, -0.2) is 0 Å². The van der Waals surface area contributed by atoms with Crippen LogP contribution < -0.4 is 10.1 Å². The lowest BCUT2D eigenvalue weighted by Crippen LogP contribution is -2.44. The van der Waals surface area contributed by atoms with Gasteiger partial charge in [0.25, 0.3) is 0 Å². The summed E-state index contributed by atoms with van der Waals surface area (Å²) in [5.74, 6) is 8.01. The maximum absolute atomic E-state index is 13.4. The lowest BCUT2D eigenvalue weighted by atomic mass is 9.82. The summed E-state index contributed by atoms with van der Waals surface area (Å²) in [6.07, 6.45) is 5.24. The molecule has 0 spiro atoms. The Morgan fingerprint density at radius 2 is 1.81 bits per heavy atom. The quantitative estimate of drug-likeness (QED) is 0.724. The number of hydrogen-bond donors (Lipinski definition) is 2. The Morgan fingerprint density at radius 3 is 2.53 bits per heavy atom. The van der Waals surface area contributed by atoms with Crippen LogP contribution in [0.4, 0.5) is 5.69 Å². The minimum atomic E-state index is -0.0230. The Labute approximate surface area is 189 Å². The van der Waals surface area contributed by atoms with E-state index in [1.54, 1.807) is 7.11 Å². The van der Waals surface area contributed by atoms with Crippen molar-refractivity contribution in [1.29, 1.82) is 0 Å². The van der Waals surface area contributed by atoms with Crippen molar-refractivity contribution in [3.05, 3.63) is 59.2 Å². The van der Waals surface area contributed by atoms with Crippen LogP contribution in [0, 0.1) is 23.7 Å². The van der Waals surface area contributed by atoms with Gasteiger partial charge in [-0.1, -0.05) is 24.7 Å². The molecule has 5 heteroatoms. The molecular formula is C27H30N2O3. The van der Waals surface area contributed by atoms with Crippen molar-refractivity contribution in [3.8, 4) is 17.6 Å². The maximum Gasteiger partial charge on any atom is 0.226 e. The predicted molar refractivity (Wildman–Crippen MR) is 124 cm³/mol. The van der Waals surface area contributed by atoms with Crippen LogP contribution in [0.3, 0.4) is 0 Å². The summed E-state index contributed by atoms with van der Waals surface area (Å²) in [5, 5.41) is 13.5. The van der Waals surface area contributed by atoms with Crippen molar-refractivity contribution in [2.45, 2.75) is 44.2 Å². The van der Waals surface area contributed by atoms with E-state index in [4.69, 9.17) is 4.74 Å². The fraction of sp³-hybridized carbons (Fsp3) is 0.444. The Bertz CT molecular complexity index is 1050. The molecule has 1 amide bonds. The first-order valence-corrected chi connectivity index (χ1v) is 11.7. The highest BCUT2D eigenvalue weighted by atomic mass is 16.5. The summed E-state index contributed by atoms with van der Waals surface area (Å²) >= 11 is 0. The van der Waals surface area contributed by atoms with Crippen LogP contribution in [0.1, 0.15) is 54.8 Å². The second-order valence-electron chi connectivity index (χ2n) is 9.12. The highest BCUT2D eigenvalue weighted by Gasteiger charge is 2.46. The molecule has 3 atom stereocenters. The standard InChI is InChI=1S/C27H30N2O3/c1-32-21-11-8-18(9-12-21)6-7-19-10-13-24-23(16-19)26-22(25(17-30)28-24)14-15-29(26)27(31)20-4-2-3-5-20/h8-13,16,20,22,25-26,28,30H,2-5,14-15,17H2,1H3/t22-,25-,26-/m0/s1. The van der Waals surface area contributed by atoms with Gasteiger partial charge >= 0.3 is 0 Å². The van der Waals surface area contributed by atoms with Gasteiger partial charge in [-0.3, -0.25) is 4.79 Å². The number of hydrogen-bond acceptors (Lipinski definition) is 4. The van der Waals surface area contributed by atoms with E-state index in [1.165, 1.54) is 0 Å². The zero-order chi connectivity index (χ0) is 22.1. The monoisotopic (exact) mass is 430 g/mol. The molecule has 1 saturated carbocycles. The predicted octanol–water partition coefficient (Wildman–Crippen LogP) is 3.96. The molecule has 2 heterocycles. The molecule has 166 valence electrons. The van der Waals surface area contributed by atoms with Crippen LogP contribution in [0.2, 0.25) is 0 Å². The second-order valence-corrected chi connectivity index (χ2v) is 9.12. The summed E-state index contributed by atoms with van der Waals surface area (Å²) in [4.78, 5) is 15.5. The Morgan fingerprint density at radius 1 is 1.09 bits per heavy atom. The Hall–Kier alpha value is -2.97. The number of carbonyl (C=O) groups is 1. The van der Waals surface area contributed by atoms with Crippen molar-refractivity contribution in [1.82, 2.24) is 4.90 Å². The number of rotatable bonds is 3. The maximum atomic E-state index is 13.4. The third kappa shape index (κ3) is 3.84. The average molecular weight is 431 g/mol. The number of aliphatic hydroxyl groups excluding tert-OH is 1. The van der Waals surface area contributed by atoms with Gasteiger partial charge in [0.15, 0.2) is 0 Å². The molecule has 0 unspecified atom stereocenters. The molecule has 5 nitrogen and oxygen atoms in total. The number of nitrogens with one attached hydrogen (secondary N) is 1. The molecule has 2 N–H and O–H groups in total. The number of aliphatic hydroxyl groups is 1. The first kappa shape index (κ1) is 20.9. The summed E-state index contributed by atoms with van der Waals surface area (Å²) < 4.78 is 5.21. The van der Waals surface area contributed by atoms with E-state index >= 15 is 0 Å². The normalized spacial score (nSPS) is 24.2. The number of fused-ring (bicyclic) bond motifs is 3. The number of carbonyl (C=O) groups excluding carboxylic acids is 1. The number of benzene rings is 2. The van der Waals surface area contributed by atoms with Crippen LogP contribution in [-0.4, -0.2) is 42.2 Å². The number of anilines is 1. The molecule has 1 saturated heterocycles. The number of methoxy groups -OCH3 is 1. The van der Waals surface area contributed by atoms with E-state index in [2.05, 4.69) is 28.1 Å². The first-order chi connectivity index (χ1) is 15.7. The van der Waals surface area contributed by atoms with Crippen molar-refractivity contribution in [2.24, 2.45) is 11.8 Å². The smallest absolute Gasteiger partial charge is 0.226 e. The number of likely N-dealkylation sites (tertiary alicyclic amines) is 1. The minimum Gasteiger partial charge on any atom is -0.497 e. The van der Waals surface area contributed by atoms with Crippen molar-refractivity contribution >= 4 is 11.6 Å². The average Bonchev–Trinajstić information content (AvgIpc) is 3.53. The lowest BCUT2D eigenvalue weighted by Gasteiger charge is -2.39. The lowest BCUT2D eigenvalue weighted by molar-refractivity contribution is -0.136. The number of nitrogens with zero attached hydrogens (tertiary/aromatic N) is 1. The molecule has 2 fully saturated rings. The molecular weight excluding hydrogens is 400 g/mol. The SMILES string of the molecule is COc1ccc(C#Cc2ccc3c(c2)[C@@H]2[C@@H](CCN2C(=O)C2CCCC2)[C@H](CO)N3)cc1. The Balaban J connectivity index is 1.46. The molecule has 0 bridgehead atoms. The highest BCUT2D eigenvalue weighted by molar-refractivity contribution is 5.80. The van der Waals surface area contributed by atoms with E-state index in [0.29, 0.717) is 5.91 Å². The van der Waals surface area contributed by atoms with Crippen molar-refractivity contribution in [3.63, 3.8) is 0 Å². The van der Waals surface area contributed by atoms with E-state index < -0.39 is 0 Å². The van der Waals surface area contributed by atoms with Crippen LogP contribution >= 0.6 is 0 Å². The van der Waals surface area contributed by atoms with Gasteiger partial charge < -0.3 is 20.1 Å². The molecule has 0 aromatic heterocycles. The van der Waals surface area contributed by atoms with E-state index in [0.717, 1.165) is 66.8 Å². The molecule has 2 aromatic rings. The molecule has 1 aliphatic carbocycles. The fourth-order valence-electron chi connectivity index (χ4n) is 5.61. The molecule has 3 aliphatic rings. The summed E-state index contributed by atoms with van der Waals surface area (Å²) in [6.45, 7) is 0.842. The summed E-state index contributed by atoms with van der Waals surface area (Å²) in [6, 6.07) is 13.9. The fourth-order valence-corrected chi connectivity index (χ4v) is 5.61. The summed E-state index contributed by atoms with van der Waals surface area (Å²) in [7, 11) is 1.65. The van der Waals surface area contributed by atoms with Crippen LogP contribution in [0.25, 0.3) is 0 Å². The van der Waals surface area contributed by atoms with Gasteiger partial charge in [-0.05, 0) is 67.3 Å². The van der Waals surface area contributed by atoms with Gasteiger partial charge in [0.2, 0.25) is 5.91 Å². The largest absolute Gasteiger partial charge is 0.497 e. The number of ether oxygens (including phenoxy) is 1. The zero-order valence-electron chi connectivity index (χ0n) is 18.5. The minimum absolute atomic E-state index is 0.0132. The molecule has 5 rings (SSSR count). The Kier molecular flexibility index (Phi) is 5.80. The third-order valence-electron chi connectivity index (χ3n) is 7.30. The van der Waals surface area contributed by atoms with E-state index in [1.807, 2.05) is 36.4 Å². The second kappa shape index (κ2) is 8.88. The molecule has 2 aliphatic heterocycles. The molecule has 0 radical (unpaired) electrons. The third-order valence-corrected chi connectivity index (χ3v) is 7.30. The summed E-state index contributed by atoms with van der Waals surface area (Å²) in [5.41, 5.74) is 4.00. The van der Waals surface area contributed by atoms with Crippen LogP contribution in [-0.2, 0) is 4.79 Å². The zero-order valence-corrected chi connectivity index (χ0v) is 18.5. The van der Waals surface area contributed by atoms with Crippen molar-refractivity contribution in [2.75, 3.05) is 25.6 Å². The van der Waals surface area contributed by atoms with E-state index in [-0.39, 0.29) is 30.5 Å². The van der Waals surface area contributed by atoms with Crippen LogP contribution in [0.15, 0.2) is 42.5 Å². The van der Waals surface area contributed by atoms with Gasteiger partial charge in [0, 0.05) is 35.2 Å². The van der Waals surface area contributed by atoms with Crippen LogP contribution in [0.5, 0.6) is 5.75 Å². The van der Waals surface area contributed by atoms with E-state index in [9.17, 15) is 9.90 Å². The number of amides is 1. The molecule has 32 heavy (non-hydrogen) atoms. The van der Waals surface area contributed by atoms with Crippen molar-refractivity contribution < 1.29 is 14.6 Å². The first-order valence-electron chi connectivity index (χ1n) is 11.7. The topological polar surface area (TPSA) is 61.8 Å². The van der Waals surface area contributed by atoms with Gasteiger partial charge in [-0.15, -0.1) is 0 Å². The van der Waals surface area contributed by atoms with Gasteiger partial charge in [0.05, 0.1) is 25.8 Å².